The first-order valence-corrected chi connectivity index (χ1v) is 7.07. The monoisotopic (exact) mass is 298 g/mol. The first-order valence-electron chi connectivity index (χ1n) is 6.69. The van der Waals surface area contributed by atoms with Gasteiger partial charge in [0.2, 0.25) is 5.28 Å². The molecule has 7 heteroatoms. The van der Waals surface area contributed by atoms with Gasteiger partial charge >= 0.3 is 5.97 Å². The smallest absolute Gasteiger partial charge is 0.317 e. The van der Waals surface area contributed by atoms with Gasteiger partial charge in [-0.1, -0.05) is 13.8 Å². The third kappa shape index (κ3) is 3.80. The Morgan fingerprint density at radius 3 is 2.55 bits per heavy atom. The van der Waals surface area contributed by atoms with Crippen LogP contribution >= 0.6 is 11.6 Å². The molecule has 1 fully saturated rings. The highest BCUT2D eigenvalue weighted by atomic mass is 35.5. The summed E-state index contributed by atoms with van der Waals surface area (Å²) in [6, 6.07) is 1.96. The number of carbonyl (C=O) groups is 1. The fraction of sp³-hybridized carbons (Fsp3) is 0.615. The first-order chi connectivity index (χ1) is 9.45. The van der Waals surface area contributed by atoms with Crippen LogP contribution in [0.5, 0.6) is 0 Å². The van der Waals surface area contributed by atoms with Crippen molar-refractivity contribution in [3.8, 4) is 0 Å². The van der Waals surface area contributed by atoms with E-state index in [4.69, 9.17) is 16.7 Å². The summed E-state index contributed by atoms with van der Waals surface area (Å²) in [5.41, 5.74) is 0.924. The van der Waals surface area contributed by atoms with Crippen LogP contribution in [0.3, 0.4) is 0 Å². The Bertz CT molecular complexity index is 487. The Hall–Kier alpha value is -1.40. The zero-order chi connectivity index (χ0) is 14.7. The van der Waals surface area contributed by atoms with E-state index in [1.54, 1.807) is 0 Å². The molecule has 0 amide bonds. The summed E-state index contributed by atoms with van der Waals surface area (Å²) in [6.07, 6.45) is 0. The van der Waals surface area contributed by atoms with E-state index in [0.29, 0.717) is 19.0 Å². The van der Waals surface area contributed by atoms with Gasteiger partial charge in [-0.15, -0.1) is 0 Å². The Balaban J connectivity index is 2.05. The largest absolute Gasteiger partial charge is 0.480 e. The lowest BCUT2D eigenvalue weighted by molar-refractivity contribution is -0.138. The van der Waals surface area contributed by atoms with Gasteiger partial charge in [-0.05, 0) is 17.5 Å². The van der Waals surface area contributed by atoms with Gasteiger partial charge in [0.05, 0.1) is 12.2 Å². The molecule has 1 aliphatic rings. The third-order valence-electron chi connectivity index (χ3n) is 3.35. The number of aliphatic carboxylic acids is 1. The molecule has 0 spiro atoms. The van der Waals surface area contributed by atoms with Crippen molar-refractivity contribution in [1.29, 1.82) is 0 Å². The van der Waals surface area contributed by atoms with Crippen molar-refractivity contribution in [2.45, 2.75) is 19.8 Å². The number of anilines is 1. The highest BCUT2D eigenvalue weighted by molar-refractivity contribution is 6.28. The second-order valence-corrected chi connectivity index (χ2v) is 5.57. The number of hydrogen-bond donors (Lipinski definition) is 1. The minimum atomic E-state index is -0.786. The van der Waals surface area contributed by atoms with E-state index >= 15 is 0 Å². The second kappa shape index (κ2) is 6.37. The highest BCUT2D eigenvalue weighted by Gasteiger charge is 2.20. The number of carboxylic acids is 1. The van der Waals surface area contributed by atoms with Crippen LogP contribution in [0, 0.1) is 0 Å². The maximum Gasteiger partial charge on any atom is 0.317 e. The predicted molar refractivity (Wildman–Crippen MR) is 77.4 cm³/mol. The minimum absolute atomic E-state index is 0.0929. The Kier molecular flexibility index (Phi) is 4.77. The normalized spacial score (nSPS) is 16.7. The van der Waals surface area contributed by atoms with Crippen molar-refractivity contribution in [2.75, 3.05) is 37.6 Å². The van der Waals surface area contributed by atoms with Crippen LogP contribution in [0.15, 0.2) is 6.07 Å². The molecule has 0 aromatic carbocycles. The van der Waals surface area contributed by atoms with Crippen LogP contribution in [0.4, 0.5) is 5.82 Å². The Morgan fingerprint density at radius 1 is 1.35 bits per heavy atom. The van der Waals surface area contributed by atoms with Gasteiger partial charge in [-0.2, -0.15) is 0 Å². The van der Waals surface area contributed by atoms with Crippen molar-refractivity contribution in [3.63, 3.8) is 0 Å². The van der Waals surface area contributed by atoms with Gasteiger partial charge in [0.25, 0.3) is 0 Å². The zero-order valence-corrected chi connectivity index (χ0v) is 12.5. The third-order valence-corrected chi connectivity index (χ3v) is 3.52. The van der Waals surface area contributed by atoms with Gasteiger partial charge in [-0.3, -0.25) is 9.69 Å². The Morgan fingerprint density at radius 2 is 2.00 bits per heavy atom. The van der Waals surface area contributed by atoms with Crippen LogP contribution in [0.2, 0.25) is 5.28 Å². The van der Waals surface area contributed by atoms with E-state index in [9.17, 15) is 4.79 Å². The van der Waals surface area contributed by atoms with Gasteiger partial charge in [0.15, 0.2) is 0 Å². The number of hydrogen-bond acceptors (Lipinski definition) is 5. The molecule has 1 N–H and O–H groups in total. The highest BCUT2D eigenvalue weighted by Crippen LogP contribution is 2.21. The van der Waals surface area contributed by atoms with Crippen molar-refractivity contribution in [1.82, 2.24) is 14.9 Å². The van der Waals surface area contributed by atoms with Crippen LogP contribution in [-0.2, 0) is 4.79 Å². The maximum absolute atomic E-state index is 10.7. The molecule has 0 radical (unpaired) electrons. The molecule has 0 atom stereocenters. The van der Waals surface area contributed by atoms with E-state index in [2.05, 4.69) is 28.7 Å². The average molecular weight is 299 g/mol. The second-order valence-electron chi connectivity index (χ2n) is 5.23. The fourth-order valence-corrected chi connectivity index (χ4v) is 2.39. The van der Waals surface area contributed by atoms with E-state index < -0.39 is 5.97 Å². The molecule has 1 aromatic rings. The van der Waals surface area contributed by atoms with E-state index in [-0.39, 0.29) is 11.8 Å². The summed E-state index contributed by atoms with van der Waals surface area (Å²) < 4.78 is 0. The molecule has 2 heterocycles. The minimum Gasteiger partial charge on any atom is -0.480 e. The zero-order valence-electron chi connectivity index (χ0n) is 11.7. The molecule has 0 saturated carbocycles. The summed E-state index contributed by atoms with van der Waals surface area (Å²) in [4.78, 5) is 23.2. The summed E-state index contributed by atoms with van der Waals surface area (Å²) in [5.74, 6) is 0.330. The number of piperazine rings is 1. The van der Waals surface area contributed by atoms with Gasteiger partial charge in [-0.25, -0.2) is 9.97 Å². The number of nitrogens with zero attached hydrogens (tertiary/aromatic N) is 4. The van der Waals surface area contributed by atoms with Crippen LogP contribution in [0.25, 0.3) is 0 Å². The molecule has 1 saturated heterocycles. The van der Waals surface area contributed by atoms with E-state index in [0.717, 1.165) is 24.6 Å². The quantitative estimate of drug-likeness (QED) is 0.849. The summed E-state index contributed by atoms with van der Waals surface area (Å²) in [6.45, 7) is 7.14. The lowest BCUT2D eigenvalue weighted by Crippen LogP contribution is -2.48. The topological polar surface area (TPSA) is 69.6 Å². The molecular weight excluding hydrogens is 280 g/mol. The van der Waals surface area contributed by atoms with Crippen molar-refractivity contribution >= 4 is 23.4 Å². The molecule has 1 aliphatic heterocycles. The molecule has 2 rings (SSSR count). The van der Waals surface area contributed by atoms with Crippen molar-refractivity contribution < 1.29 is 9.90 Å². The summed E-state index contributed by atoms with van der Waals surface area (Å²) in [5, 5.41) is 9.05. The van der Waals surface area contributed by atoms with Gasteiger partial charge in [0.1, 0.15) is 5.82 Å². The van der Waals surface area contributed by atoms with Crippen molar-refractivity contribution in [2.24, 2.45) is 0 Å². The molecule has 20 heavy (non-hydrogen) atoms. The molecule has 6 nitrogen and oxygen atoms in total. The fourth-order valence-electron chi connectivity index (χ4n) is 2.21. The van der Waals surface area contributed by atoms with Crippen LogP contribution in [-0.4, -0.2) is 58.7 Å². The summed E-state index contributed by atoms with van der Waals surface area (Å²) >= 11 is 5.97. The lowest BCUT2D eigenvalue weighted by atomic mass is 10.1. The summed E-state index contributed by atoms with van der Waals surface area (Å²) in [7, 11) is 0. The Labute approximate surface area is 123 Å². The standard InChI is InChI=1S/C13H19ClN4O2/c1-9(2)10-7-11(16-13(14)15-10)18-5-3-17(4-6-18)8-12(19)20/h7,9H,3-6,8H2,1-2H3,(H,19,20). The predicted octanol–water partition coefficient (Wildman–Crippen LogP) is 1.46. The average Bonchev–Trinajstić information content (AvgIpc) is 2.38. The lowest BCUT2D eigenvalue weighted by Gasteiger charge is -2.34. The molecule has 0 bridgehead atoms. The molecule has 0 unspecified atom stereocenters. The number of rotatable bonds is 4. The van der Waals surface area contributed by atoms with Crippen LogP contribution < -0.4 is 4.90 Å². The molecule has 1 aromatic heterocycles. The van der Waals surface area contributed by atoms with Crippen molar-refractivity contribution in [3.05, 3.63) is 17.0 Å². The number of aromatic nitrogens is 2. The number of halogens is 1. The van der Waals surface area contributed by atoms with Gasteiger partial charge in [0, 0.05) is 32.2 Å². The molecule has 0 aliphatic carbocycles. The SMILES string of the molecule is CC(C)c1cc(N2CCN(CC(=O)O)CC2)nc(Cl)n1. The molecule has 110 valence electrons. The van der Waals surface area contributed by atoms with E-state index in [1.807, 2.05) is 11.0 Å². The number of carboxylic acid groups (broad SMARTS) is 1. The maximum atomic E-state index is 10.7. The van der Waals surface area contributed by atoms with E-state index in [1.165, 1.54) is 0 Å². The van der Waals surface area contributed by atoms with Gasteiger partial charge < -0.3 is 10.0 Å². The first kappa shape index (κ1) is 15.0. The molecular formula is C13H19ClN4O2. The van der Waals surface area contributed by atoms with Crippen LogP contribution in [0.1, 0.15) is 25.5 Å².